The van der Waals surface area contributed by atoms with Crippen molar-refractivity contribution in [2.75, 3.05) is 0 Å². The molecule has 1 saturated carbocycles. The number of rotatable bonds is 5. The van der Waals surface area contributed by atoms with Crippen LogP contribution in [-0.2, 0) is 9.59 Å². The molecule has 0 spiro atoms. The molecule has 17 heavy (non-hydrogen) atoms. The highest BCUT2D eigenvalue weighted by Crippen LogP contribution is 2.26. The topological polar surface area (TPSA) is 66.4 Å². The van der Waals surface area contributed by atoms with Gasteiger partial charge in [0.15, 0.2) is 0 Å². The van der Waals surface area contributed by atoms with Gasteiger partial charge in [-0.1, -0.05) is 33.1 Å². The molecule has 1 rings (SSSR count). The molecule has 98 valence electrons. The molecule has 2 N–H and O–H groups in total. The Balaban J connectivity index is 2.53. The van der Waals surface area contributed by atoms with E-state index in [0.29, 0.717) is 6.42 Å². The number of nitrogens with one attached hydrogen (secondary N) is 1. The zero-order valence-corrected chi connectivity index (χ0v) is 10.7. The normalized spacial score (nSPS) is 19.0. The van der Waals surface area contributed by atoms with Crippen LogP contribution in [0.25, 0.3) is 0 Å². The lowest BCUT2D eigenvalue weighted by molar-refractivity contribution is -0.144. The molecule has 0 aliphatic heterocycles. The van der Waals surface area contributed by atoms with Crippen molar-refractivity contribution in [3.05, 3.63) is 0 Å². The Morgan fingerprint density at radius 2 is 1.82 bits per heavy atom. The predicted octanol–water partition coefficient (Wildman–Crippen LogP) is 2.18. The third-order valence-electron chi connectivity index (χ3n) is 3.30. The molecule has 0 heterocycles. The van der Waals surface area contributed by atoms with Crippen LogP contribution in [-0.4, -0.2) is 23.0 Å². The van der Waals surface area contributed by atoms with Gasteiger partial charge in [0.05, 0.1) is 0 Å². The van der Waals surface area contributed by atoms with Gasteiger partial charge in [-0.2, -0.15) is 0 Å². The molecule has 1 amide bonds. The molecule has 0 aromatic heterocycles. The first-order valence-corrected chi connectivity index (χ1v) is 6.53. The number of amides is 1. The highest BCUT2D eigenvalue weighted by molar-refractivity contribution is 5.83. The average molecular weight is 241 g/mol. The minimum atomic E-state index is -0.894. The first-order chi connectivity index (χ1) is 8.00. The highest BCUT2D eigenvalue weighted by Gasteiger charge is 2.30. The molecule has 1 fully saturated rings. The van der Waals surface area contributed by atoms with Gasteiger partial charge in [0.25, 0.3) is 0 Å². The zero-order valence-electron chi connectivity index (χ0n) is 10.7. The summed E-state index contributed by atoms with van der Waals surface area (Å²) < 4.78 is 0. The molecule has 4 nitrogen and oxygen atoms in total. The summed E-state index contributed by atoms with van der Waals surface area (Å²) in [6, 6.07) is -0.693. The van der Waals surface area contributed by atoms with Crippen LogP contribution in [0.15, 0.2) is 0 Å². The van der Waals surface area contributed by atoms with E-state index in [4.69, 9.17) is 0 Å². The summed E-state index contributed by atoms with van der Waals surface area (Å²) in [5.41, 5.74) is 0. The predicted molar refractivity (Wildman–Crippen MR) is 65.6 cm³/mol. The molecule has 1 aliphatic carbocycles. The number of carbonyl (C=O) groups is 2. The van der Waals surface area contributed by atoms with Crippen LogP contribution >= 0.6 is 0 Å². The van der Waals surface area contributed by atoms with Crippen molar-refractivity contribution in [2.45, 2.75) is 58.4 Å². The van der Waals surface area contributed by atoms with E-state index in [9.17, 15) is 14.7 Å². The number of hydrogen-bond acceptors (Lipinski definition) is 2. The van der Waals surface area contributed by atoms with Crippen molar-refractivity contribution in [2.24, 2.45) is 11.8 Å². The Morgan fingerprint density at radius 3 is 2.29 bits per heavy atom. The minimum absolute atomic E-state index is 0.109. The lowest BCUT2D eigenvalue weighted by Crippen LogP contribution is -2.46. The summed E-state index contributed by atoms with van der Waals surface area (Å²) in [6.45, 7) is 3.91. The molecule has 0 radical (unpaired) electrons. The third-order valence-corrected chi connectivity index (χ3v) is 3.30. The standard InChI is InChI=1S/C13H23NO3/c1-9(2)8-11(15)14-12(13(16)17)10-6-4-3-5-7-10/h9-10,12H,3-8H2,1-2H3,(H,14,15)(H,16,17)/t12-/m0/s1. The van der Waals surface area contributed by atoms with Gasteiger partial charge < -0.3 is 10.4 Å². The first-order valence-electron chi connectivity index (χ1n) is 6.53. The van der Waals surface area contributed by atoms with Crippen LogP contribution in [0.4, 0.5) is 0 Å². The van der Waals surface area contributed by atoms with Gasteiger partial charge in [0.2, 0.25) is 5.91 Å². The van der Waals surface area contributed by atoms with E-state index in [1.54, 1.807) is 0 Å². The van der Waals surface area contributed by atoms with Crippen molar-refractivity contribution >= 4 is 11.9 Å². The van der Waals surface area contributed by atoms with E-state index >= 15 is 0 Å². The summed E-state index contributed by atoms with van der Waals surface area (Å²) in [5.74, 6) is -0.667. The van der Waals surface area contributed by atoms with Crippen LogP contribution in [0.3, 0.4) is 0 Å². The van der Waals surface area contributed by atoms with Gasteiger partial charge in [-0.15, -0.1) is 0 Å². The number of carboxylic acid groups (broad SMARTS) is 1. The second-order valence-corrected chi connectivity index (χ2v) is 5.38. The van der Waals surface area contributed by atoms with Gasteiger partial charge >= 0.3 is 5.97 Å². The summed E-state index contributed by atoms with van der Waals surface area (Å²) >= 11 is 0. The fourth-order valence-electron chi connectivity index (χ4n) is 2.45. The van der Waals surface area contributed by atoms with Crippen LogP contribution in [0.2, 0.25) is 0 Å². The third kappa shape index (κ3) is 4.75. The maximum Gasteiger partial charge on any atom is 0.326 e. The van der Waals surface area contributed by atoms with Crippen molar-refractivity contribution in [3.63, 3.8) is 0 Å². The molecule has 0 saturated heterocycles. The molecular formula is C13H23NO3. The van der Waals surface area contributed by atoms with Crippen LogP contribution in [0.1, 0.15) is 52.4 Å². The zero-order chi connectivity index (χ0) is 12.8. The summed E-state index contributed by atoms with van der Waals surface area (Å²) in [4.78, 5) is 22.8. The quantitative estimate of drug-likeness (QED) is 0.775. The van der Waals surface area contributed by atoms with E-state index < -0.39 is 12.0 Å². The van der Waals surface area contributed by atoms with Crippen LogP contribution < -0.4 is 5.32 Å². The number of hydrogen-bond donors (Lipinski definition) is 2. The molecule has 0 aromatic rings. The second kappa shape index (κ2) is 6.62. The lowest BCUT2D eigenvalue weighted by Gasteiger charge is -2.28. The number of aliphatic carboxylic acids is 1. The lowest BCUT2D eigenvalue weighted by atomic mass is 9.84. The SMILES string of the molecule is CC(C)CC(=O)N[C@H](C(=O)O)C1CCCCC1. The molecule has 4 heteroatoms. The monoisotopic (exact) mass is 241 g/mol. The molecule has 0 unspecified atom stereocenters. The van der Waals surface area contributed by atoms with Crippen molar-refractivity contribution in [3.8, 4) is 0 Å². The van der Waals surface area contributed by atoms with Crippen molar-refractivity contribution < 1.29 is 14.7 Å². The van der Waals surface area contributed by atoms with Crippen molar-refractivity contribution in [1.29, 1.82) is 0 Å². The van der Waals surface area contributed by atoms with Gasteiger partial charge in [0.1, 0.15) is 6.04 Å². The number of carbonyl (C=O) groups excluding carboxylic acids is 1. The smallest absolute Gasteiger partial charge is 0.326 e. The molecule has 0 aromatic carbocycles. The van der Waals surface area contributed by atoms with Gasteiger partial charge in [-0.25, -0.2) is 4.79 Å². The van der Waals surface area contributed by atoms with Gasteiger partial charge in [0, 0.05) is 6.42 Å². The Kier molecular flexibility index (Phi) is 5.45. The van der Waals surface area contributed by atoms with E-state index in [2.05, 4.69) is 5.32 Å². The van der Waals surface area contributed by atoms with E-state index in [0.717, 1.165) is 25.7 Å². The fraction of sp³-hybridized carbons (Fsp3) is 0.846. The largest absolute Gasteiger partial charge is 0.480 e. The molecule has 1 aliphatic rings. The Hall–Kier alpha value is -1.06. The van der Waals surface area contributed by atoms with Crippen LogP contribution in [0, 0.1) is 11.8 Å². The second-order valence-electron chi connectivity index (χ2n) is 5.38. The van der Waals surface area contributed by atoms with Gasteiger partial charge in [-0.05, 0) is 24.7 Å². The summed E-state index contributed by atoms with van der Waals surface area (Å²) in [6.07, 6.45) is 5.57. The molecule has 0 bridgehead atoms. The van der Waals surface area contributed by atoms with E-state index in [1.165, 1.54) is 6.42 Å². The maximum atomic E-state index is 11.6. The molecule has 1 atom stereocenters. The highest BCUT2D eigenvalue weighted by atomic mass is 16.4. The minimum Gasteiger partial charge on any atom is -0.480 e. The first kappa shape index (κ1) is 14.0. The maximum absolute atomic E-state index is 11.6. The summed E-state index contributed by atoms with van der Waals surface area (Å²) in [5, 5.41) is 11.9. The Morgan fingerprint density at radius 1 is 1.24 bits per heavy atom. The van der Waals surface area contributed by atoms with Crippen LogP contribution in [0.5, 0.6) is 0 Å². The fourth-order valence-corrected chi connectivity index (χ4v) is 2.45. The van der Waals surface area contributed by atoms with E-state index in [1.807, 2.05) is 13.8 Å². The Bertz CT molecular complexity index is 270. The van der Waals surface area contributed by atoms with Crippen molar-refractivity contribution in [1.82, 2.24) is 5.32 Å². The van der Waals surface area contributed by atoms with Gasteiger partial charge in [-0.3, -0.25) is 4.79 Å². The average Bonchev–Trinajstić information content (AvgIpc) is 2.25. The van der Waals surface area contributed by atoms with E-state index in [-0.39, 0.29) is 17.7 Å². The number of carboxylic acids is 1. The molecular weight excluding hydrogens is 218 g/mol. The summed E-state index contributed by atoms with van der Waals surface area (Å²) in [7, 11) is 0. The Labute approximate surface area is 103 Å².